The zero-order valence-corrected chi connectivity index (χ0v) is 11.2. The van der Waals surface area contributed by atoms with Crippen LogP contribution in [0.25, 0.3) is 0 Å². The van der Waals surface area contributed by atoms with Crippen LogP contribution in [0.5, 0.6) is 0 Å². The van der Waals surface area contributed by atoms with Crippen LogP contribution < -0.4 is 5.32 Å². The summed E-state index contributed by atoms with van der Waals surface area (Å²) in [4.78, 5) is 0. The number of rotatable bonds is 3. The van der Waals surface area contributed by atoms with Crippen LogP contribution in [-0.4, -0.2) is 12.6 Å². The second-order valence-electron chi connectivity index (χ2n) is 5.33. The van der Waals surface area contributed by atoms with Crippen molar-refractivity contribution in [2.45, 2.75) is 46.1 Å². The van der Waals surface area contributed by atoms with Crippen LogP contribution in [0.4, 0.5) is 4.39 Å². The van der Waals surface area contributed by atoms with Gasteiger partial charge in [-0.15, -0.1) is 0 Å². The molecule has 1 saturated carbocycles. The standard InChI is InChI=1S/C15H22FN/c1-5-17-14-8-13(11(14)4)12-6-9(2)15(16)10(3)7-12/h6-7,11,13-14,17H,5,8H2,1-4H3. The van der Waals surface area contributed by atoms with Gasteiger partial charge in [-0.25, -0.2) is 4.39 Å². The largest absolute Gasteiger partial charge is 0.314 e. The van der Waals surface area contributed by atoms with Gasteiger partial charge >= 0.3 is 0 Å². The maximum atomic E-state index is 13.6. The van der Waals surface area contributed by atoms with Gasteiger partial charge in [-0.2, -0.15) is 0 Å². The van der Waals surface area contributed by atoms with E-state index in [4.69, 9.17) is 0 Å². The summed E-state index contributed by atoms with van der Waals surface area (Å²) in [7, 11) is 0. The summed E-state index contributed by atoms with van der Waals surface area (Å²) in [5.41, 5.74) is 2.86. The third-order valence-corrected chi connectivity index (χ3v) is 4.13. The van der Waals surface area contributed by atoms with Crippen molar-refractivity contribution in [1.82, 2.24) is 5.32 Å². The molecule has 2 rings (SSSR count). The van der Waals surface area contributed by atoms with Crippen molar-refractivity contribution >= 4 is 0 Å². The topological polar surface area (TPSA) is 12.0 Å². The van der Waals surface area contributed by atoms with Crippen molar-refractivity contribution in [2.75, 3.05) is 6.54 Å². The summed E-state index contributed by atoms with van der Waals surface area (Å²) >= 11 is 0. The molecular weight excluding hydrogens is 213 g/mol. The van der Waals surface area contributed by atoms with Gasteiger partial charge in [0.1, 0.15) is 5.82 Å². The molecule has 0 radical (unpaired) electrons. The Morgan fingerprint density at radius 2 is 1.88 bits per heavy atom. The van der Waals surface area contributed by atoms with E-state index in [9.17, 15) is 4.39 Å². The van der Waals surface area contributed by atoms with Gasteiger partial charge in [-0.1, -0.05) is 26.0 Å². The van der Waals surface area contributed by atoms with Crippen LogP contribution in [0.15, 0.2) is 12.1 Å². The predicted molar refractivity (Wildman–Crippen MR) is 69.9 cm³/mol. The molecule has 94 valence electrons. The first-order valence-electron chi connectivity index (χ1n) is 6.54. The van der Waals surface area contributed by atoms with Gasteiger partial charge in [-0.05, 0) is 55.3 Å². The first kappa shape index (κ1) is 12.6. The zero-order chi connectivity index (χ0) is 12.6. The Labute approximate surface area is 103 Å². The predicted octanol–water partition coefficient (Wildman–Crippen LogP) is 3.54. The van der Waals surface area contributed by atoms with Crippen molar-refractivity contribution in [2.24, 2.45) is 5.92 Å². The van der Waals surface area contributed by atoms with E-state index in [1.54, 1.807) is 0 Å². The van der Waals surface area contributed by atoms with Gasteiger partial charge in [0.2, 0.25) is 0 Å². The second-order valence-corrected chi connectivity index (χ2v) is 5.33. The highest BCUT2D eigenvalue weighted by Gasteiger charge is 2.38. The molecule has 3 unspecified atom stereocenters. The molecule has 0 aliphatic heterocycles. The lowest BCUT2D eigenvalue weighted by Gasteiger charge is -2.44. The van der Waals surface area contributed by atoms with Crippen molar-refractivity contribution in [3.05, 3.63) is 34.6 Å². The van der Waals surface area contributed by atoms with E-state index >= 15 is 0 Å². The lowest BCUT2D eigenvalue weighted by molar-refractivity contribution is 0.187. The Morgan fingerprint density at radius 3 is 2.35 bits per heavy atom. The minimum Gasteiger partial charge on any atom is -0.314 e. The normalized spacial score (nSPS) is 27.9. The van der Waals surface area contributed by atoms with Gasteiger partial charge in [0.05, 0.1) is 0 Å². The SMILES string of the molecule is CCNC1CC(c2cc(C)c(F)c(C)c2)C1C. The molecule has 0 spiro atoms. The Bertz CT molecular complexity index is 390. The van der Waals surface area contributed by atoms with Crippen molar-refractivity contribution in [3.8, 4) is 0 Å². The molecule has 2 heteroatoms. The Kier molecular flexibility index (Phi) is 3.53. The highest BCUT2D eigenvalue weighted by atomic mass is 19.1. The van der Waals surface area contributed by atoms with E-state index in [1.807, 2.05) is 26.0 Å². The third kappa shape index (κ3) is 2.23. The molecule has 17 heavy (non-hydrogen) atoms. The number of hydrogen-bond acceptors (Lipinski definition) is 1. The average Bonchev–Trinajstić information content (AvgIpc) is 2.30. The molecule has 1 aromatic carbocycles. The monoisotopic (exact) mass is 235 g/mol. The van der Waals surface area contributed by atoms with E-state index in [0.29, 0.717) is 17.9 Å². The maximum Gasteiger partial charge on any atom is 0.129 e. The second kappa shape index (κ2) is 4.77. The number of nitrogens with one attached hydrogen (secondary N) is 1. The molecular formula is C15H22FN. The van der Waals surface area contributed by atoms with E-state index in [1.165, 1.54) is 12.0 Å². The van der Waals surface area contributed by atoms with Crippen LogP contribution in [0.2, 0.25) is 0 Å². The lowest BCUT2D eigenvalue weighted by atomic mass is 9.66. The van der Waals surface area contributed by atoms with Crippen LogP contribution in [0.3, 0.4) is 0 Å². The molecule has 1 aromatic rings. The molecule has 0 bridgehead atoms. The minimum atomic E-state index is -0.0519. The summed E-state index contributed by atoms with van der Waals surface area (Å²) in [5.74, 6) is 1.19. The third-order valence-electron chi connectivity index (χ3n) is 4.13. The van der Waals surface area contributed by atoms with E-state index in [0.717, 1.165) is 17.7 Å². The summed E-state index contributed by atoms with van der Waals surface area (Å²) < 4.78 is 13.6. The molecule has 3 atom stereocenters. The lowest BCUT2D eigenvalue weighted by Crippen LogP contribution is -2.47. The van der Waals surface area contributed by atoms with Crippen LogP contribution in [0.1, 0.15) is 42.9 Å². The number of hydrogen-bond donors (Lipinski definition) is 1. The van der Waals surface area contributed by atoms with E-state index in [2.05, 4.69) is 19.2 Å². The van der Waals surface area contributed by atoms with Crippen LogP contribution in [-0.2, 0) is 0 Å². The highest BCUT2D eigenvalue weighted by molar-refractivity contribution is 5.34. The fourth-order valence-corrected chi connectivity index (χ4v) is 2.95. The quantitative estimate of drug-likeness (QED) is 0.845. The zero-order valence-electron chi connectivity index (χ0n) is 11.2. The fraction of sp³-hybridized carbons (Fsp3) is 0.600. The van der Waals surface area contributed by atoms with Crippen molar-refractivity contribution in [3.63, 3.8) is 0 Å². The molecule has 1 fully saturated rings. The summed E-state index contributed by atoms with van der Waals surface area (Å²) in [6.45, 7) is 9.18. The van der Waals surface area contributed by atoms with E-state index in [-0.39, 0.29) is 5.82 Å². The van der Waals surface area contributed by atoms with Gasteiger partial charge in [0.25, 0.3) is 0 Å². The van der Waals surface area contributed by atoms with Crippen LogP contribution in [0, 0.1) is 25.6 Å². The molecule has 0 aromatic heterocycles. The van der Waals surface area contributed by atoms with Gasteiger partial charge in [-0.3, -0.25) is 0 Å². The molecule has 0 amide bonds. The molecule has 1 aliphatic rings. The molecule has 1 N–H and O–H groups in total. The van der Waals surface area contributed by atoms with Gasteiger partial charge in [0, 0.05) is 6.04 Å². The number of benzene rings is 1. The van der Waals surface area contributed by atoms with Crippen LogP contribution >= 0.6 is 0 Å². The first-order chi connectivity index (χ1) is 8.04. The molecule has 0 heterocycles. The molecule has 1 aliphatic carbocycles. The number of halogens is 1. The number of aryl methyl sites for hydroxylation is 2. The summed E-state index contributed by atoms with van der Waals surface area (Å²) in [6, 6.07) is 4.67. The fourth-order valence-electron chi connectivity index (χ4n) is 2.95. The Balaban J connectivity index is 2.15. The van der Waals surface area contributed by atoms with Crippen molar-refractivity contribution < 1.29 is 4.39 Å². The van der Waals surface area contributed by atoms with Crippen molar-refractivity contribution in [1.29, 1.82) is 0 Å². The van der Waals surface area contributed by atoms with Gasteiger partial charge < -0.3 is 5.32 Å². The summed E-state index contributed by atoms with van der Waals surface area (Å²) in [5, 5.41) is 3.50. The van der Waals surface area contributed by atoms with E-state index < -0.39 is 0 Å². The average molecular weight is 235 g/mol. The Morgan fingerprint density at radius 1 is 1.29 bits per heavy atom. The summed E-state index contributed by atoms with van der Waals surface area (Å²) in [6.07, 6.45) is 1.18. The van der Waals surface area contributed by atoms with Gasteiger partial charge in [0.15, 0.2) is 0 Å². The minimum absolute atomic E-state index is 0.0519. The smallest absolute Gasteiger partial charge is 0.129 e. The highest BCUT2D eigenvalue weighted by Crippen LogP contribution is 2.43. The molecule has 0 saturated heterocycles. The molecule has 1 nitrogen and oxygen atoms in total. The Hall–Kier alpha value is -0.890. The maximum absolute atomic E-state index is 13.6. The first-order valence-corrected chi connectivity index (χ1v) is 6.54.